The lowest BCUT2D eigenvalue weighted by molar-refractivity contribution is -0.151. The Morgan fingerprint density at radius 3 is 2.58 bits per heavy atom. The molecule has 2 amide bonds. The molecule has 130 valence electrons. The second kappa shape index (κ2) is 6.00. The molecule has 3 rings (SSSR count). The smallest absolute Gasteiger partial charge is 0.410 e. The number of carbonyl (C=O) groups excluding carboxylic acids is 2. The Hall–Kier alpha value is -2.24. The monoisotopic (exact) mass is 332 g/mol. The Labute approximate surface area is 142 Å². The third-order valence-electron chi connectivity index (χ3n) is 4.60. The summed E-state index contributed by atoms with van der Waals surface area (Å²) in [6.45, 7) is 5.15. The fraction of sp³-hybridized carbons (Fsp3) is 0.556. The molecule has 0 unspecified atom stereocenters. The van der Waals surface area contributed by atoms with E-state index in [4.69, 9.17) is 9.47 Å². The number of amides is 2. The summed E-state index contributed by atoms with van der Waals surface area (Å²) in [5, 5.41) is 0. The average Bonchev–Trinajstić information content (AvgIpc) is 2.80. The summed E-state index contributed by atoms with van der Waals surface area (Å²) in [6.07, 6.45) is 1.28. The Balaban J connectivity index is 1.71. The maximum absolute atomic E-state index is 13.0. The van der Waals surface area contributed by atoms with E-state index in [9.17, 15) is 9.59 Å². The first kappa shape index (κ1) is 16.6. The number of rotatable bonds is 3. The van der Waals surface area contributed by atoms with Crippen LogP contribution in [0, 0.1) is 0 Å². The number of carbonyl (C=O) groups is 2. The number of hydrogen-bond donors (Lipinski definition) is 0. The molecule has 2 heterocycles. The molecule has 1 aromatic rings. The molecule has 0 aliphatic carbocycles. The number of ether oxygens (including phenoxy) is 2. The number of piperidine rings is 1. The molecule has 1 spiro atoms. The van der Waals surface area contributed by atoms with Gasteiger partial charge in [0.05, 0.1) is 13.1 Å². The van der Waals surface area contributed by atoms with Crippen molar-refractivity contribution in [3.05, 3.63) is 30.3 Å². The summed E-state index contributed by atoms with van der Waals surface area (Å²) in [5.74, 6) is 0.575. The molecule has 2 aliphatic heterocycles. The highest BCUT2D eigenvalue weighted by molar-refractivity contribution is 5.85. The van der Waals surface area contributed by atoms with Crippen LogP contribution in [-0.2, 0) is 9.53 Å². The Bertz CT molecular complexity index is 631. The van der Waals surface area contributed by atoms with Gasteiger partial charge in [0.25, 0.3) is 5.91 Å². The summed E-state index contributed by atoms with van der Waals surface area (Å²) in [4.78, 5) is 28.0. The first-order valence-electron chi connectivity index (χ1n) is 8.29. The third-order valence-corrected chi connectivity index (χ3v) is 4.60. The van der Waals surface area contributed by atoms with E-state index in [0.29, 0.717) is 25.4 Å². The van der Waals surface area contributed by atoms with E-state index in [0.717, 1.165) is 12.8 Å². The van der Waals surface area contributed by atoms with Crippen molar-refractivity contribution < 1.29 is 19.1 Å². The zero-order valence-electron chi connectivity index (χ0n) is 14.4. The van der Waals surface area contributed by atoms with Crippen molar-refractivity contribution in [2.45, 2.75) is 37.9 Å². The summed E-state index contributed by atoms with van der Waals surface area (Å²) in [6, 6.07) is 9.32. The van der Waals surface area contributed by atoms with Gasteiger partial charge in [-0.2, -0.15) is 0 Å². The molecular formula is C18H24N2O4. The van der Waals surface area contributed by atoms with Gasteiger partial charge in [-0.3, -0.25) is 4.79 Å². The molecule has 0 bridgehead atoms. The third kappa shape index (κ3) is 3.18. The van der Waals surface area contributed by atoms with Gasteiger partial charge in [-0.15, -0.1) is 0 Å². The number of para-hydroxylation sites is 1. The molecule has 0 N–H and O–H groups in total. The van der Waals surface area contributed by atoms with E-state index in [2.05, 4.69) is 0 Å². The predicted octanol–water partition coefficient (Wildman–Crippen LogP) is 2.29. The Morgan fingerprint density at radius 2 is 1.96 bits per heavy atom. The molecule has 1 aromatic carbocycles. The van der Waals surface area contributed by atoms with Crippen molar-refractivity contribution in [2.75, 3.05) is 26.7 Å². The quantitative estimate of drug-likeness (QED) is 0.852. The van der Waals surface area contributed by atoms with Crippen LogP contribution in [0.3, 0.4) is 0 Å². The number of likely N-dealkylation sites (N-methyl/N-ethyl adjacent to an activating group) is 1. The highest BCUT2D eigenvalue weighted by Gasteiger charge is 2.49. The van der Waals surface area contributed by atoms with Gasteiger partial charge in [-0.25, -0.2) is 4.79 Å². The van der Waals surface area contributed by atoms with E-state index in [1.165, 1.54) is 0 Å². The van der Waals surface area contributed by atoms with E-state index in [1.54, 1.807) is 30.7 Å². The SMILES string of the molecule is CN1C[C@]2(CCCN(C(=O)C(C)(C)Oc3ccccc3)C2)OC1=O. The van der Waals surface area contributed by atoms with Crippen molar-refractivity contribution in [2.24, 2.45) is 0 Å². The van der Waals surface area contributed by atoms with E-state index in [1.807, 2.05) is 30.3 Å². The lowest BCUT2D eigenvalue weighted by Crippen LogP contribution is -2.57. The van der Waals surface area contributed by atoms with Gasteiger partial charge in [0.15, 0.2) is 5.60 Å². The van der Waals surface area contributed by atoms with E-state index in [-0.39, 0.29) is 12.0 Å². The number of likely N-dealkylation sites (tertiary alicyclic amines) is 1. The molecule has 0 radical (unpaired) electrons. The fourth-order valence-corrected chi connectivity index (χ4v) is 3.48. The molecule has 0 aromatic heterocycles. The van der Waals surface area contributed by atoms with Crippen molar-refractivity contribution in [3.8, 4) is 5.75 Å². The molecule has 2 saturated heterocycles. The van der Waals surface area contributed by atoms with E-state index >= 15 is 0 Å². The summed E-state index contributed by atoms with van der Waals surface area (Å²) < 4.78 is 11.5. The van der Waals surface area contributed by atoms with Crippen molar-refractivity contribution in [3.63, 3.8) is 0 Å². The zero-order chi connectivity index (χ0) is 17.4. The molecule has 0 saturated carbocycles. The fourth-order valence-electron chi connectivity index (χ4n) is 3.48. The minimum absolute atomic E-state index is 0.0870. The van der Waals surface area contributed by atoms with Crippen molar-refractivity contribution in [1.29, 1.82) is 0 Å². The van der Waals surface area contributed by atoms with Crippen LogP contribution in [0.25, 0.3) is 0 Å². The van der Waals surface area contributed by atoms with Crippen LogP contribution in [0.1, 0.15) is 26.7 Å². The molecule has 6 heteroatoms. The predicted molar refractivity (Wildman–Crippen MR) is 88.8 cm³/mol. The van der Waals surface area contributed by atoms with Crippen LogP contribution >= 0.6 is 0 Å². The molecule has 24 heavy (non-hydrogen) atoms. The zero-order valence-corrected chi connectivity index (χ0v) is 14.4. The normalized spacial score (nSPS) is 24.2. The van der Waals surface area contributed by atoms with Crippen molar-refractivity contribution in [1.82, 2.24) is 9.80 Å². The number of nitrogens with zero attached hydrogens (tertiary/aromatic N) is 2. The first-order valence-corrected chi connectivity index (χ1v) is 8.29. The van der Waals surface area contributed by atoms with Gasteiger partial charge < -0.3 is 19.3 Å². The van der Waals surface area contributed by atoms with Crippen LogP contribution in [-0.4, -0.2) is 59.7 Å². The van der Waals surface area contributed by atoms with Gasteiger partial charge in [0.1, 0.15) is 11.4 Å². The van der Waals surface area contributed by atoms with Gasteiger partial charge >= 0.3 is 6.09 Å². The average molecular weight is 332 g/mol. The minimum atomic E-state index is -0.978. The molecule has 6 nitrogen and oxygen atoms in total. The molecule has 2 aliphatic rings. The highest BCUT2D eigenvalue weighted by atomic mass is 16.6. The summed E-state index contributed by atoms with van der Waals surface area (Å²) in [7, 11) is 1.72. The van der Waals surface area contributed by atoms with Gasteiger partial charge in [-0.1, -0.05) is 18.2 Å². The van der Waals surface area contributed by atoms with Crippen LogP contribution in [0.5, 0.6) is 5.75 Å². The topological polar surface area (TPSA) is 59.1 Å². The van der Waals surface area contributed by atoms with Crippen LogP contribution in [0.15, 0.2) is 30.3 Å². The van der Waals surface area contributed by atoms with Gasteiger partial charge in [0.2, 0.25) is 0 Å². The van der Waals surface area contributed by atoms with Gasteiger partial charge in [-0.05, 0) is 38.8 Å². The standard InChI is InChI=1S/C18H24N2O4/c1-17(2,23-14-8-5-4-6-9-14)15(21)20-11-7-10-18(13-20)12-19(3)16(22)24-18/h4-6,8-9H,7,10-13H2,1-3H3/t18-/m0/s1. The van der Waals surface area contributed by atoms with Crippen LogP contribution in [0.4, 0.5) is 4.79 Å². The first-order chi connectivity index (χ1) is 11.3. The molecule has 2 fully saturated rings. The van der Waals surface area contributed by atoms with E-state index < -0.39 is 11.2 Å². The van der Waals surface area contributed by atoms with Crippen molar-refractivity contribution >= 4 is 12.0 Å². The maximum Gasteiger partial charge on any atom is 0.410 e. The lowest BCUT2D eigenvalue weighted by Gasteiger charge is -2.41. The van der Waals surface area contributed by atoms with Crippen LogP contribution < -0.4 is 4.74 Å². The number of hydrogen-bond acceptors (Lipinski definition) is 4. The Morgan fingerprint density at radius 1 is 1.25 bits per heavy atom. The molecule has 1 atom stereocenters. The summed E-state index contributed by atoms with van der Waals surface area (Å²) in [5.41, 5.74) is -1.56. The minimum Gasteiger partial charge on any atom is -0.478 e. The lowest BCUT2D eigenvalue weighted by atomic mass is 9.91. The van der Waals surface area contributed by atoms with Crippen LogP contribution in [0.2, 0.25) is 0 Å². The number of benzene rings is 1. The maximum atomic E-state index is 13.0. The van der Waals surface area contributed by atoms with Gasteiger partial charge in [0, 0.05) is 13.6 Å². The second-order valence-electron chi connectivity index (χ2n) is 7.16. The summed E-state index contributed by atoms with van der Waals surface area (Å²) >= 11 is 0. The second-order valence-corrected chi connectivity index (χ2v) is 7.16. The molecular weight excluding hydrogens is 308 g/mol. The largest absolute Gasteiger partial charge is 0.478 e. The highest BCUT2D eigenvalue weighted by Crippen LogP contribution is 2.32. The Kier molecular flexibility index (Phi) is 4.15.